The van der Waals surface area contributed by atoms with Gasteiger partial charge in [0, 0.05) is 16.0 Å². The van der Waals surface area contributed by atoms with E-state index in [9.17, 15) is 9.59 Å². The minimum absolute atomic E-state index is 0.116. The predicted molar refractivity (Wildman–Crippen MR) is 117 cm³/mol. The SMILES string of the molecule is COC(=O)c1ccc(C)c(-c2ccc(/C=N/NC(=O)c3cc4cc(Cl)ccc4o3)o2)c1. The number of aryl methyl sites for hydroxylation is 1. The monoisotopic (exact) mass is 436 g/mol. The molecule has 31 heavy (non-hydrogen) atoms. The van der Waals surface area contributed by atoms with E-state index in [0.717, 1.165) is 16.5 Å². The zero-order valence-corrected chi connectivity index (χ0v) is 17.4. The number of hydrogen-bond acceptors (Lipinski definition) is 6. The summed E-state index contributed by atoms with van der Waals surface area (Å²) in [7, 11) is 1.33. The number of methoxy groups -OCH3 is 1. The molecule has 156 valence electrons. The number of halogens is 1. The molecular weight excluding hydrogens is 420 g/mol. The van der Waals surface area contributed by atoms with Crippen molar-refractivity contribution >= 4 is 40.7 Å². The molecule has 0 atom stereocenters. The van der Waals surface area contributed by atoms with Gasteiger partial charge in [-0.2, -0.15) is 5.10 Å². The molecule has 2 heterocycles. The van der Waals surface area contributed by atoms with Crippen LogP contribution in [0.5, 0.6) is 0 Å². The maximum atomic E-state index is 12.3. The van der Waals surface area contributed by atoms with Crippen LogP contribution in [0.15, 0.2) is 68.5 Å². The zero-order valence-electron chi connectivity index (χ0n) is 16.6. The second-order valence-electron chi connectivity index (χ2n) is 6.72. The molecule has 1 amide bonds. The lowest BCUT2D eigenvalue weighted by Crippen LogP contribution is -2.16. The van der Waals surface area contributed by atoms with Crippen LogP contribution in [0.3, 0.4) is 0 Å². The highest BCUT2D eigenvalue weighted by molar-refractivity contribution is 6.31. The number of carbonyl (C=O) groups is 2. The van der Waals surface area contributed by atoms with Crippen molar-refractivity contribution in [3.8, 4) is 11.3 Å². The Morgan fingerprint density at radius 2 is 1.90 bits per heavy atom. The molecule has 0 aliphatic heterocycles. The number of rotatable bonds is 5. The van der Waals surface area contributed by atoms with E-state index in [1.165, 1.54) is 13.3 Å². The quantitative estimate of drug-likeness (QED) is 0.263. The van der Waals surface area contributed by atoms with E-state index in [-0.39, 0.29) is 5.76 Å². The van der Waals surface area contributed by atoms with Crippen LogP contribution in [0.25, 0.3) is 22.3 Å². The van der Waals surface area contributed by atoms with Gasteiger partial charge < -0.3 is 13.6 Å². The Balaban J connectivity index is 1.47. The molecule has 8 heteroatoms. The molecule has 4 rings (SSSR count). The Labute approximate surface area is 182 Å². The summed E-state index contributed by atoms with van der Waals surface area (Å²) in [6.45, 7) is 1.91. The summed E-state index contributed by atoms with van der Waals surface area (Å²) in [6.07, 6.45) is 1.38. The van der Waals surface area contributed by atoms with E-state index in [1.54, 1.807) is 48.5 Å². The molecule has 0 fully saturated rings. The first-order chi connectivity index (χ1) is 14.9. The summed E-state index contributed by atoms with van der Waals surface area (Å²) in [5.74, 6) is 0.173. The van der Waals surface area contributed by atoms with Gasteiger partial charge in [-0.15, -0.1) is 0 Å². The molecule has 0 bridgehead atoms. The summed E-state index contributed by atoms with van der Waals surface area (Å²) in [5, 5.41) is 5.19. The van der Waals surface area contributed by atoms with Crippen molar-refractivity contribution in [2.75, 3.05) is 7.11 Å². The summed E-state index contributed by atoms with van der Waals surface area (Å²) < 4.78 is 16.0. The van der Waals surface area contributed by atoms with Crippen molar-refractivity contribution in [3.05, 3.63) is 82.3 Å². The average Bonchev–Trinajstić information content (AvgIpc) is 3.40. The minimum atomic E-state index is -0.503. The number of fused-ring (bicyclic) bond motifs is 1. The summed E-state index contributed by atoms with van der Waals surface area (Å²) >= 11 is 5.95. The van der Waals surface area contributed by atoms with Crippen LogP contribution < -0.4 is 5.43 Å². The Morgan fingerprint density at radius 3 is 2.71 bits per heavy atom. The summed E-state index contributed by atoms with van der Waals surface area (Å²) in [6, 6.07) is 15.4. The molecule has 0 spiro atoms. The van der Waals surface area contributed by atoms with Crippen LogP contribution in [-0.2, 0) is 4.74 Å². The van der Waals surface area contributed by atoms with E-state index >= 15 is 0 Å². The summed E-state index contributed by atoms with van der Waals surface area (Å²) in [4.78, 5) is 24.0. The first kappa shape index (κ1) is 20.4. The van der Waals surface area contributed by atoms with Crippen molar-refractivity contribution in [2.45, 2.75) is 6.92 Å². The number of hydrazone groups is 1. The molecule has 7 nitrogen and oxygen atoms in total. The third-order valence-corrected chi connectivity index (χ3v) is 4.85. The van der Waals surface area contributed by atoms with E-state index in [2.05, 4.69) is 10.5 Å². The zero-order chi connectivity index (χ0) is 22.0. The second kappa shape index (κ2) is 8.49. The van der Waals surface area contributed by atoms with Crippen molar-refractivity contribution in [1.82, 2.24) is 5.43 Å². The van der Waals surface area contributed by atoms with Crippen LogP contribution in [0, 0.1) is 6.92 Å². The Bertz CT molecular complexity index is 1320. The molecule has 0 aliphatic carbocycles. The number of amides is 1. The van der Waals surface area contributed by atoms with Gasteiger partial charge in [-0.3, -0.25) is 4.79 Å². The molecule has 2 aromatic carbocycles. The predicted octanol–water partition coefficient (Wildman–Crippen LogP) is 5.21. The average molecular weight is 437 g/mol. The third kappa shape index (κ3) is 4.36. The Kier molecular flexibility index (Phi) is 5.60. The molecule has 0 aliphatic rings. The summed E-state index contributed by atoms with van der Waals surface area (Å²) in [5.41, 5.74) is 5.07. The fourth-order valence-electron chi connectivity index (χ4n) is 3.03. The Morgan fingerprint density at radius 1 is 1.06 bits per heavy atom. The van der Waals surface area contributed by atoms with Crippen LogP contribution in [0.4, 0.5) is 0 Å². The van der Waals surface area contributed by atoms with Crippen molar-refractivity contribution < 1.29 is 23.2 Å². The van der Waals surface area contributed by atoms with E-state index in [1.807, 2.05) is 13.0 Å². The van der Waals surface area contributed by atoms with Crippen LogP contribution in [0.1, 0.15) is 32.2 Å². The molecule has 0 unspecified atom stereocenters. The standard InChI is InChI=1S/C23H17ClN2O5/c1-13-3-4-14(23(28)29-2)10-18(13)20-8-6-17(30-20)12-25-26-22(27)21-11-15-9-16(24)5-7-19(15)31-21/h3-12H,1-2H3,(H,26,27)/b25-12+. The minimum Gasteiger partial charge on any atom is -0.465 e. The molecule has 4 aromatic rings. The maximum absolute atomic E-state index is 12.3. The molecule has 0 radical (unpaired) electrons. The number of esters is 1. The van der Waals surface area contributed by atoms with Crippen molar-refractivity contribution in [3.63, 3.8) is 0 Å². The topological polar surface area (TPSA) is 94.0 Å². The van der Waals surface area contributed by atoms with Gasteiger partial charge in [-0.1, -0.05) is 17.7 Å². The highest BCUT2D eigenvalue weighted by atomic mass is 35.5. The van der Waals surface area contributed by atoms with Crippen LogP contribution in [0.2, 0.25) is 5.02 Å². The lowest BCUT2D eigenvalue weighted by molar-refractivity contribution is 0.0600. The van der Waals surface area contributed by atoms with Gasteiger partial charge in [0.15, 0.2) is 5.76 Å². The number of nitrogens with one attached hydrogen (secondary N) is 1. The van der Waals surface area contributed by atoms with Crippen molar-refractivity contribution in [1.29, 1.82) is 0 Å². The smallest absolute Gasteiger partial charge is 0.337 e. The molecule has 0 saturated carbocycles. The lowest BCUT2D eigenvalue weighted by Gasteiger charge is -2.05. The molecule has 0 saturated heterocycles. The van der Waals surface area contributed by atoms with Crippen LogP contribution >= 0.6 is 11.6 Å². The fraction of sp³-hybridized carbons (Fsp3) is 0.0870. The fourth-order valence-corrected chi connectivity index (χ4v) is 3.22. The number of furan rings is 2. The van der Waals surface area contributed by atoms with Gasteiger partial charge in [0.25, 0.3) is 0 Å². The second-order valence-corrected chi connectivity index (χ2v) is 7.15. The lowest BCUT2D eigenvalue weighted by atomic mass is 10.0. The first-order valence-electron chi connectivity index (χ1n) is 9.26. The largest absolute Gasteiger partial charge is 0.465 e. The maximum Gasteiger partial charge on any atom is 0.337 e. The van der Waals surface area contributed by atoms with Gasteiger partial charge in [-0.05, 0) is 61.0 Å². The van der Waals surface area contributed by atoms with Gasteiger partial charge in [0.05, 0.1) is 18.9 Å². The molecule has 1 N–H and O–H groups in total. The highest BCUT2D eigenvalue weighted by Crippen LogP contribution is 2.27. The Hall–Kier alpha value is -3.84. The van der Waals surface area contributed by atoms with E-state index < -0.39 is 11.9 Å². The molecular formula is C23H17ClN2O5. The van der Waals surface area contributed by atoms with Crippen molar-refractivity contribution in [2.24, 2.45) is 5.10 Å². The number of hydrogen-bond donors (Lipinski definition) is 1. The van der Waals surface area contributed by atoms with E-state index in [0.29, 0.717) is 27.7 Å². The number of benzene rings is 2. The van der Waals surface area contributed by atoms with E-state index in [4.69, 9.17) is 25.2 Å². The highest BCUT2D eigenvalue weighted by Gasteiger charge is 2.13. The number of carbonyl (C=O) groups excluding carboxylic acids is 2. The van der Waals surface area contributed by atoms with Gasteiger partial charge >= 0.3 is 11.9 Å². The first-order valence-corrected chi connectivity index (χ1v) is 9.64. The third-order valence-electron chi connectivity index (χ3n) is 4.61. The molecule has 2 aromatic heterocycles. The van der Waals surface area contributed by atoms with Gasteiger partial charge in [0.1, 0.15) is 17.1 Å². The number of nitrogens with zero attached hydrogens (tertiary/aromatic N) is 1. The van der Waals surface area contributed by atoms with Gasteiger partial charge in [0.2, 0.25) is 0 Å². The van der Waals surface area contributed by atoms with Crippen LogP contribution in [-0.4, -0.2) is 25.2 Å². The number of ether oxygens (including phenoxy) is 1. The normalized spacial score (nSPS) is 11.2. The van der Waals surface area contributed by atoms with Gasteiger partial charge in [-0.25, -0.2) is 10.2 Å².